The maximum atomic E-state index is 12.5. The molecular formula is C22H25Cl2NO3. The summed E-state index contributed by atoms with van der Waals surface area (Å²) in [6.07, 6.45) is 2.35. The molecule has 0 spiro atoms. The fourth-order valence-electron chi connectivity index (χ4n) is 2.93. The van der Waals surface area contributed by atoms with Crippen molar-refractivity contribution in [1.82, 2.24) is 0 Å². The Hall–Kier alpha value is -1.91. The highest BCUT2D eigenvalue weighted by Gasteiger charge is 2.26. The lowest BCUT2D eigenvalue weighted by Crippen LogP contribution is -2.34. The Morgan fingerprint density at radius 3 is 2.39 bits per heavy atom. The fourth-order valence-corrected chi connectivity index (χ4v) is 3.54. The minimum absolute atomic E-state index is 0.225. The van der Waals surface area contributed by atoms with Gasteiger partial charge in [0.2, 0.25) is 0 Å². The van der Waals surface area contributed by atoms with Crippen LogP contribution < -0.4 is 9.64 Å². The first kappa shape index (κ1) is 20.8. The molecule has 3 rings (SSSR count). The van der Waals surface area contributed by atoms with Crippen molar-refractivity contribution in [3.05, 3.63) is 59.7 Å². The molecule has 2 atom stereocenters. The maximum absolute atomic E-state index is 12.5. The van der Waals surface area contributed by atoms with Gasteiger partial charge in [-0.05, 0) is 56.4 Å². The predicted molar refractivity (Wildman–Crippen MR) is 113 cm³/mol. The minimum Gasteiger partial charge on any atom is -0.491 e. The van der Waals surface area contributed by atoms with Gasteiger partial charge >= 0.3 is 5.97 Å². The predicted octanol–water partition coefficient (Wildman–Crippen LogP) is 5.81. The average Bonchev–Trinajstić information content (AvgIpc) is 3.50. The Kier molecular flexibility index (Phi) is 7.08. The topological polar surface area (TPSA) is 38.8 Å². The summed E-state index contributed by atoms with van der Waals surface area (Å²) in [4.78, 5) is 14.4. The molecule has 0 saturated heterocycles. The lowest BCUT2D eigenvalue weighted by molar-refractivity contribution is 0.0472. The smallest absolute Gasteiger partial charge is 0.338 e. The van der Waals surface area contributed by atoms with E-state index >= 15 is 0 Å². The average molecular weight is 422 g/mol. The molecule has 0 heterocycles. The van der Waals surface area contributed by atoms with E-state index in [1.165, 1.54) is 12.8 Å². The monoisotopic (exact) mass is 421 g/mol. The first-order valence-corrected chi connectivity index (χ1v) is 10.4. The number of benzene rings is 2. The number of esters is 1. The van der Waals surface area contributed by atoms with Gasteiger partial charge in [-0.1, -0.05) is 53.5 Å². The number of alkyl halides is 2. The third-order valence-corrected chi connectivity index (χ3v) is 5.05. The molecule has 28 heavy (non-hydrogen) atoms. The van der Waals surface area contributed by atoms with Gasteiger partial charge in [0.25, 0.3) is 0 Å². The van der Waals surface area contributed by atoms with Gasteiger partial charge in [0, 0.05) is 0 Å². The first-order chi connectivity index (χ1) is 13.5. The van der Waals surface area contributed by atoms with Gasteiger partial charge in [0.05, 0.1) is 17.9 Å². The SMILES string of the molecule is CC(Cl)N(c1ccc(C(=O)OCc2ccccc2)cc1OCC1CC1)C(C)Cl. The molecule has 4 nitrogen and oxygen atoms in total. The standard InChI is InChI=1S/C22H25Cl2NO3/c1-15(23)25(16(2)24)20-11-10-19(12-21(20)27-13-18-8-9-18)22(26)28-14-17-6-4-3-5-7-17/h3-7,10-12,15-16,18H,8-9,13-14H2,1-2H3. The lowest BCUT2D eigenvalue weighted by atomic mass is 10.1. The summed E-state index contributed by atoms with van der Waals surface area (Å²) in [6, 6.07) is 14.8. The molecule has 0 aliphatic heterocycles. The second-order valence-corrected chi connectivity index (χ2v) is 8.32. The van der Waals surface area contributed by atoms with Crippen molar-refractivity contribution in [2.75, 3.05) is 11.5 Å². The number of nitrogens with zero attached hydrogens (tertiary/aromatic N) is 1. The third kappa shape index (κ3) is 5.55. The van der Waals surface area contributed by atoms with Crippen LogP contribution >= 0.6 is 23.2 Å². The molecule has 1 aliphatic carbocycles. The van der Waals surface area contributed by atoms with E-state index in [1.54, 1.807) is 12.1 Å². The van der Waals surface area contributed by atoms with Gasteiger partial charge in [0.1, 0.15) is 23.4 Å². The molecule has 2 aromatic rings. The summed E-state index contributed by atoms with van der Waals surface area (Å²) in [6.45, 7) is 4.56. The zero-order valence-corrected chi connectivity index (χ0v) is 17.6. The number of hydrogen-bond donors (Lipinski definition) is 0. The van der Waals surface area contributed by atoms with Crippen LogP contribution in [-0.2, 0) is 11.3 Å². The van der Waals surface area contributed by atoms with Crippen molar-refractivity contribution >= 4 is 34.9 Å². The van der Waals surface area contributed by atoms with Crippen molar-refractivity contribution in [2.24, 2.45) is 5.92 Å². The Labute approximate surface area is 176 Å². The third-order valence-electron chi connectivity index (χ3n) is 4.62. The summed E-state index contributed by atoms with van der Waals surface area (Å²) in [5, 5.41) is 0. The zero-order valence-electron chi connectivity index (χ0n) is 16.1. The molecule has 1 aliphatic rings. The van der Waals surface area contributed by atoms with Crippen molar-refractivity contribution in [1.29, 1.82) is 0 Å². The maximum Gasteiger partial charge on any atom is 0.338 e. The van der Waals surface area contributed by atoms with Crippen LogP contribution in [0.1, 0.15) is 42.6 Å². The van der Waals surface area contributed by atoms with Crippen LogP contribution in [0.4, 0.5) is 5.69 Å². The number of anilines is 1. The van der Waals surface area contributed by atoms with E-state index < -0.39 is 5.97 Å². The summed E-state index contributed by atoms with van der Waals surface area (Å²) in [5.41, 5.74) is 1.49. The van der Waals surface area contributed by atoms with Crippen LogP contribution in [-0.4, -0.2) is 23.6 Å². The van der Waals surface area contributed by atoms with Gasteiger partial charge in [-0.15, -0.1) is 0 Å². The van der Waals surface area contributed by atoms with E-state index in [2.05, 4.69) is 0 Å². The van der Waals surface area contributed by atoms with Crippen molar-refractivity contribution in [3.63, 3.8) is 0 Å². The van der Waals surface area contributed by atoms with E-state index in [1.807, 2.05) is 55.1 Å². The van der Waals surface area contributed by atoms with Crippen LogP contribution in [0.2, 0.25) is 0 Å². The van der Waals surface area contributed by atoms with Crippen molar-refractivity contribution in [3.8, 4) is 5.75 Å². The molecule has 1 saturated carbocycles. The summed E-state index contributed by atoms with van der Waals surface area (Å²) in [7, 11) is 0. The number of rotatable bonds is 9. The summed E-state index contributed by atoms with van der Waals surface area (Å²) >= 11 is 12.7. The van der Waals surface area contributed by atoms with Gasteiger partial charge in [-0.3, -0.25) is 0 Å². The van der Waals surface area contributed by atoms with E-state index in [-0.39, 0.29) is 17.6 Å². The van der Waals surface area contributed by atoms with Crippen LogP contribution in [0.25, 0.3) is 0 Å². The largest absolute Gasteiger partial charge is 0.491 e. The molecular weight excluding hydrogens is 397 g/mol. The molecule has 150 valence electrons. The second-order valence-electron chi connectivity index (χ2n) is 7.05. The van der Waals surface area contributed by atoms with E-state index in [0.717, 1.165) is 11.3 Å². The molecule has 0 radical (unpaired) electrons. The van der Waals surface area contributed by atoms with Crippen LogP contribution in [0, 0.1) is 5.92 Å². The van der Waals surface area contributed by atoms with E-state index in [4.69, 9.17) is 32.7 Å². The molecule has 1 fully saturated rings. The van der Waals surface area contributed by atoms with Gasteiger partial charge < -0.3 is 14.4 Å². The Balaban J connectivity index is 1.79. The van der Waals surface area contributed by atoms with Gasteiger partial charge in [-0.25, -0.2) is 4.79 Å². The molecule has 0 N–H and O–H groups in total. The molecule has 0 amide bonds. The molecule has 2 unspecified atom stereocenters. The normalized spacial score (nSPS) is 15.6. The van der Waals surface area contributed by atoms with Crippen LogP contribution in [0.3, 0.4) is 0 Å². The number of carbonyl (C=O) groups excluding carboxylic acids is 1. The first-order valence-electron chi connectivity index (χ1n) is 9.50. The van der Waals surface area contributed by atoms with Gasteiger partial charge in [0.15, 0.2) is 0 Å². The van der Waals surface area contributed by atoms with Crippen molar-refractivity contribution in [2.45, 2.75) is 44.3 Å². The highest BCUT2D eigenvalue weighted by atomic mass is 35.5. The van der Waals surface area contributed by atoms with E-state index in [9.17, 15) is 4.79 Å². The molecule has 0 aromatic heterocycles. The Morgan fingerprint density at radius 2 is 1.79 bits per heavy atom. The molecule has 2 aromatic carbocycles. The highest BCUT2D eigenvalue weighted by Crippen LogP contribution is 2.36. The summed E-state index contributed by atoms with van der Waals surface area (Å²) < 4.78 is 11.5. The highest BCUT2D eigenvalue weighted by molar-refractivity contribution is 6.25. The number of ether oxygens (including phenoxy) is 2. The van der Waals surface area contributed by atoms with E-state index in [0.29, 0.717) is 23.8 Å². The van der Waals surface area contributed by atoms with Crippen molar-refractivity contribution < 1.29 is 14.3 Å². The fraction of sp³-hybridized carbons (Fsp3) is 0.409. The number of hydrogen-bond acceptors (Lipinski definition) is 4. The Morgan fingerprint density at radius 1 is 1.11 bits per heavy atom. The number of halogens is 2. The van der Waals surface area contributed by atoms with Crippen LogP contribution in [0.15, 0.2) is 48.5 Å². The second kappa shape index (κ2) is 9.53. The lowest BCUT2D eigenvalue weighted by Gasteiger charge is -2.31. The van der Waals surface area contributed by atoms with Gasteiger partial charge in [-0.2, -0.15) is 0 Å². The summed E-state index contributed by atoms with van der Waals surface area (Å²) in [5.74, 6) is 0.786. The Bertz CT molecular complexity index is 784. The van der Waals surface area contributed by atoms with Crippen LogP contribution in [0.5, 0.6) is 5.75 Å². The molecule has 6 heteroatoms. The number of carbonyl (C=O) groups is 1. The quantitative estimate of drug-likeness (QED) is 0.291. The zero-order chi connectivity index (χ0) is 20.1. The minimum atomic E-state index is -0.393. The molecule has 0 bridgehead atoms.